The molecule has 3 aromatic rings. The third-order valence-corrected chi connectivity index (χ3v) is 6.72. The molecule has 1 aromatic heterocycles. The van der Waals surface area contributed by atoms with Gasteiger partial charge in [-0.25, -0.2) is 9.79 Å². The highest BCUT2D eigenvalue weighted by Crippen LogP contribution is 2.36. The Morgan fingerprint density at radius 2 is 1.92 bits per heavy atom. The Labute approximate surface area is 222 Å². The number of hydrogen-bond acceptors (Lipinski definition) is 8. The largest absolute Gasteiger partial charge is 0.490 e. The average molecular weight is 541 g/mol. The van der Waals surface area contributed by atoms with E-state index in [0.717, 1.165) is 5.56 Å². The molecule has 0 saturated heterocycles. The van der Waals surface area contributed by atoms with Crippen molar-refractivity contribution >= 4 is 41.0 Å². The van der Waals surface area contributed by atoms with Crippen molar-refractivity contribution in [1.82, 2.24) is 4.57 Å². The minimum Gasteiger partial charge on any atom is -0.490 e. The van der Waals surface area contributed by atoms with Gasteiger partial charge in [0, 0.05) is 11.9 Å². The lowest BCUT2D eigenvalue weighted by molar-refractivity contribution is -0.139. The number of fused-ring (bicyclic) bond motifs is 1. The van der Waals surface area contributed by atoms with Crippen LogP contribution in [-0.2, 0) is 14.3 Å². The van der Waals surface area contributed by atoms with E-state index < -0.39 is 18.0 Å². The van der Waals surface area contributed by atoms with Crippen LogP contribution in [0.15, 0.2) is 63.5 Å². The minimum atomic E-state index is -0.831. The predicted octanol–water partition coefficient (Wildman–Crippen LogP) is 3.78. The molecule has 1 aliphatic rings. The molecule has 0 spiro atoms. The Hall–Kier alpha value is -3.69. The molecule has 192 valence electrons. The molecule has 0 unspecified atom stereocenters. The molecule has 0 radical (unpaired) electrons. The van der Waals surface area contributed by atoms with Crippen molar-refractivity contribution < 1.29 is 23.8 Å². The third kappa shape index (κ3) is 5.52. The second-order valence-electron chi connectivity index (χ2n) is 8.09. The van der Waals surface area contributed by atoms with Crippen molar-refractivity contribution in [2.24, 2.45) is 4.99 Å². The fourth-order valence-corrected chi connectivity index (χ4v) is 5.30. The van der Waals surface area contributed by atoms with Gasteiger partial charge in [-0.05, 0) is 62.2 Å². The monoisotopic (exact) mass is 540 g/mol. The molecule has 37 heavy (non-hydrogen) atoms. The van der Waals surface area contributed by atoms with E-state index in [2.05, 4.69) is 4.99 Å². The van der Waals surface area contributed by atoms with Crippen LogP contribution in [0.3, 0.4) is 0 Å². The third-order valence-electron chi connectivity index (χ3n) is 5.50. The van der Waals surface area contributed by atoms with Gasteiger partial charge in [-0.1, -0.05) is 41.1 Å². The first-order valence-corrected chi connectivity index (χ1v) is 12.8. The van der Waals surface area contributed by atoms with Gasteiger partial charge >= 0.3 is 11.9 Å². The number of benzene rings is 2. The number of hydrogen-bond donors (Lipinski definition) is 0. The van der Waals surface area contributed by atoms with Crippen molar-refractivity contribution in [3.8, 4) is 11.5 Å². The molecule has 1 atom stereocenters. The van der Waals surface area contributed by atoms with Crippen LogP contribution >= 0.6 is 22.9 Å². The molecule has 2 aromatic carbocycles. The molecule has 1 aliphatic heterocycles. The smallest absolute Gasteiger partial charge is 0.338 e. The fraction of sp³-hybridized carbons (Fsp3) is 0.259. The van der Waals surface area contributed by atoms with Crippen LogP contribution < -0.4 is 24.4 Å². The van der Waals surface area contributed by atoms with Gasteiger partial charge in [0.15, 0.2) is 16.3 Å². The van der Waals surface area contributed by atoms with E-state index in [0.29, 0.717) is 38.0 Å². The summed E-state index contributed by atoms with van der Waals surface area (Å²) in [5.41, 5.74) is 1.71. The molecular formula is C27H25ClN2O6S. The van der Waals surface area contributed by atoms with Crippen molar-refractivity contribution in [3.63, 3.8) is 0 Å². The first-order valence-electron chi connectivity index (χ1n) is 11.6. The summed E-state index contributed by atoms with van der Waals surface area (Å²) in [5, 5.41) is 0.552. The number of allylic oxidation sites excluding steroid dienone is 1. The van der Waals surface area contributed by atoms with E-state index in [1.807, 2.05) is 6.07 Å². The van der Waals surface area contributed by atoms with Crippen molar-refractivity contribution in [3.05, 3.63) is 89.6 Å². The number of nitrogens with zero attached hydrogens (tertiary/aromatic N) is 2. The molecular weight excluding hydrogens is 516 g/mol. The van der Waals surface area contributed by atoms with E-state index >= 15 is 0 Å². The summed E-state index contributed by atoms with van der Waals surface area (Å²) < 4.78 is 18.3. The maximum Gasteiger partial charge on any atom is 0.338 e. The van der Waals surface area contributed by atoms with Crippen LogP contribution in [0, 0.1) is 0 Å². The summed E-state index contributed by atoms with van der Waals surface area (Å²) in [4.78, 5) is 43.4. The fourth-order valence-electron chi connectivity index (χ4n) is 4.06. The number of ether oxygens (including phenoxy) is 3. The van der Waals surface area contributed by atoms with Crippen LogP contribution in [0.1, 0.15) is 44.9 Å². The van der Waals surface area contributed by atoms with Gasteiger partial charge in [0.2, 0.25) is 0 Å². The summed E-state index contributed by atoms with van der Waals surface area (Å²) in [6.07, 6.45) is 1.74. The zero-order valence-corrected chi connectivity index (χ0v) is 22.3. The maximum atomic E-state index is 13.7. The number of rotatable bonds is 7. The Bertz CT molecular complexity index is 1590. The van der Waals surface area contributed by atoms with Crippen LogP contribution in [0.2, 0.25) is 5.02 Å². The first-order chi connectivity index (χ1) is 17.7. The van der Waals surface area contributed by atoms with Crippen LogP contribution in [-0.4, -0.2) is 29.7 Å². The van der Waals surface area contributed by atoms with E-state index in [4.69, 9.17) is 25.8 Å². The topological polar surface area (TPSA) is 96.2 Å². The molecule has 4 rings (SSSR count). The van der Waals surface area contributed by atoms with E-state index in [1.165, 1.54) is 22.8 Å². The van der Waals surface area contributed by atoms with Gasteiger partial charge in [-0.2, -0.15) is 0 Å². The summed E-state index contributed by atoms with van der Waals surface area (Å²) in [6, 6.07) is 11.3. The van der Waals surface area contributed by atoms with Gasteiger partial charge in [0.1, 0.15) is 0 Å². The standard InChI is InChI=1S/C27H25ClN2O6S/c1-5-34-21-14-18(10-11-20(21)36-16(4)31)24-23(26(33)35-6-2)15(3)29-27-30(24)25(32)22(37-27)13-17-8-7-9-19(28)12-17/h7-14,24H,5-6H2,1-4H3/b22-13+/t24-/m1/s1. The highest BCUT2D eigenvalue weighted by molar-refractivity contribution is 7.07. The summed E-state index contributed by atoms with van der Waals surface area (Å²) in [5.74, 6) is -0.510. The van der Waals surface area contributed by atoms with Crippen molar-refractivity contribution in [2.75, 3.05) is 13.2 Å². The Balaban J connectivity index is 1.95. The van der Waals surface area contributed by atoms with Gasteiger partial charge in [-0.15, -0.1) is 0 Å². The quantitative estimate of drug-likeness (QED) is 0.334. The molecule has 0 saturated carbocycles. The Morgan fingerprint density at radius 3 is 2.59 bits per heavy atom. The maximum absolute atomic E-state index is 13.7. The summed E-state index contributed by atoms with van der Waals surface area (Å²) >= 11 is 7.34. The molecule has 0 bridgehead atoms. The number of aromatic nitrogens is 1. The van der Waals surface area contributed by atoms with Gasteiger partial charge in [0.05, 0.1) is 35.1 Å². The molecule has 0 N–H and O–H groups in total. The normalized spacial score (nSPS) is 15.2. The highest BCUT2D eigenvalue weighted by Gasteiger charge is 2.34. The molecule has 0 aliphatic carbocycles. The zero-order valence-electron chi connectivity index (χ0n) is 20.7. The lowest BCUT2D eigenvalue weighted by Crippen LogP contribution is -2.40. The number of carbonyl (C=O) groups is 2. The van der Waals surface area contributed by atoms with Gasteiger partial charge < -0.3 is 14.2 Å². The minimum absolute atomic E-state index is 0.164. The average Bonchev–Trinajstić information content (AvgIpc) is 3.13. The van der Waals surface area contributed by atoms with Crippen molar-refractivity contribution in [2.45, 2.75) is 33.7 Å². The molecule has 0 amide bonds. The summed E-state index contributed by atoms with van der Waals surface area (Å²) in [6.45, 7) is 7.01. The number of carbonyl (C=O) groups excluding carboxylic acids is 2. The van der Waals surface area contributed by atoms with Gasteiger partial charge in [-0.3, -0.25) is 14.2 Å². The van der Waals surface area contributed by atoms with Crippen LogP contribution in [0.5, 0.6) is 11.5 Å². The highest BCUT2D eigenvalue weighted by atomic mass is 35.5. The summed E-state index contributed by atoms with van der Waals surface area (Å²) in [7, 11) is 0. The predicted molar refractivity (Wildman–Crippen MR) is 141 cm³/mol. The van der Waals surface area contributed by atoms with E-state index in [-0.39, 0.29) is 23.5 Å². The Morgan fingerprint density at radius 1 is 1.14 bits per heavy atom. The van der Waals surface area contributed by atoms with E-state index in [1.54, 1.807) is 63.2 Å². The zero-order chi connectivity index (χ0) is 26.7. The van der Waals surface area contributed by atoms with Crippen LogP contribution in [0.25, 0.3) is 6.08 Å². The van der Waals surface area contributed by atoms with Crippen LogP contribution in [0.4, 0.5) is 0 Å². The second kappa shape index (κ2) is 11.1. The lowest BCUT2D eigenvalue weighted by Gasteiger charge is -2.25. The molecule has 8 nitrogen and oxygen atoms in total. The van der Waals surface area contributed by atoms with Gasteiger partial charge in [0.25, 0.3) is 5.56 Å². The molecule has 10 heteroatoms. The van der Waals surface area contributed by atoms with Crippen molar-refractivity contribution in [1.29, 1.82) is 0 Å². The lowest BCUT2D eigenvalue weighted by atomic mass is 9.95. The van der Waals surface area contributed by atoms with E-state index in [9.17, 15) is 14.4 Å². The molecule has 0 fully saturated rings. The first kappa shape index (κ1) is 26.4. The Kier molecular flexibility index (Phi) is 7.94. The number of esters is 2. The molecule has 2 heterocycles. The SMILES string of the molecule is CCOC(=O)C1=C(C)N=c2s/c(=C/c3cccc(Cl)c3)c(=O)n2[C@@H]1c1ccc(OC(C)=O)c(OCC)c1. The number of thiazole rings is 1. The second-order valence-corrected chi connectivity index (χ2v) is 9.54. The number of halogens is 1.